The lowest BCUT2D eigenvalue weighted by atomic mass is 10.4. The maximum Gasteiger partial charge on any atom is 0.272 e. The van der Waals surface area contributed by atoms with E-state index in [1.807, 2.05) is 0 Å². The number of anilines is 1. The molecule has 0 saturated carbocycles. The van der Waals surface area contributed by atoms with E-state index < -0.39 is 13.0 Å². The zero-order valence-electron chi connectivity index (χ0n) is 7.13. The van der Waals surface area contributed by atoms with Crippen LogP contribution in [0.1, 0.15) is 0 Å². The van der Waals surface area contributed by atoms with Crippen LogP contribution in [0, 0.1) is 0 Å². The number of hydrogen-bond acceptors (Lipinski definition) is 3. The highest BCUT2D eigenvalue weighted by molar-refractivity contribution is 5.36. The minimum atomic E-state index is -2.45. The number of halogens is 2. The summed E-state index contributed by atoms with van der Waals surface area (Å²) in [5.74, 6) is 1.02. The molecule has 0 saturated heterocycles. The third kappa shape index (κ3) is 3.23. The van der Waals surface area contributed by atoms with Gasteiger partial charge < -0.3 is 10.1 Å². The largest absolute Gasteiger partial charge is 0.486 e. The molecule has 0 unspecified atom stereocenters. The Morgan fingerprint density at radius 3 is 2.77 bits per heavy atom. The quantitative estimate of drug-likeness (QED) is 0.781. The second kappa shape index (κ2) is 4.59. The van der Waals surface area contributed by atoms with Gasteiger partial charge in [0.2, 0.25) is 0 Å². The highest BCUT2D eigenvalue weighted by Gasteiger charge is 2.03. The summed E-state index contributed by atoms with van der Waals surface area (Å²) in [7, 11) is 1.72. The zero-order valence-corrected chi connectivity index (χ0v) is 7.13. The second-order valence-electron chi connectivity index (χ2n) is 2.33. The molecule has 1 aromatic heterocycles. The summed E-state index contributed by atoms with van der Waals surface area (Å²) < 4.78 is 28.1. The smallest absolute Gasteiger partial charge is 0.272 e. The molecular formula is C8H10F2N2O. The van der Waals surface area contributed by atoms with Gasteiger partial charge in [0.05, 0.1) is 6.20 Å². The van der Waals surface area contributed by atoms with Gasteiger partial charge >= 0.3 is 0 Å². The van der Waals surface area contributed by atoms with E-state index in [4.69, 9.17) is 4.74 Å². The molecule has 1 rings (SSSR count). The molecule has 3 nitrogen and oxygen atoms in total. The van der Waals surface area contributed by atoms with Crippen LogP contribution in [0.4, 0.5) is 14.6 Å². The molecule has 13 heavy (non-hydrogen) atoms. The van der Waals surface area contributed by atoms with Crippen molar-refractivity contribution in [1.82, 2.24) is 4.98 Å². The van der Waals surface area contributed by atoms with Gasteiger partial charge in [0, 0.05) is 7.05 Å². The molecule has 0 amide bonds. The summed E-state index contributed by atoms with van der Waals surface area (Å²) in [4.78, 5) is 3.89. The molecule has 0 aliphatic carbocycles. The molecule has 1 heterocycles. The van der Waals surface area contributed by atoms with Gasteiger partial charge in [0.1, 0.15) is 18.2 Å². The van der Waals surface area contributed by atoms with Crippen molar-refractivity contribution in [3.8, 4) is 5.75 Å². The van der Waals surface area contributed by atoms with E-state index in [1.54, 1.807) is 19.2 Å². The van der Waals surface area contributed by atoms with Crippen molar-refractivity contribution in [2.75, 3.05) is 19.0 Å². The number of pyridine rings is 1. The van der Waals surface area contributed by atoms with Gasteiger partial charge in [-0.15, -0.1) is 0 Å². The van der Waals surface area contributed by atoms with Gasteiger partial charge in [0.25, 0.3) is 6.43 Å². The van der Waals surface area contributed by atoms with Crippen molar-refractivity contribution >= 4 is 5.82 Å². The first-order chi connectivity index (χ1) is 6.22. The molecule has 0 atom stereocenters. The predicted octanol–water partition coefficient (Wildman–Crippen LogP) is 1.77. The molecule has 0 bridgehead atoms. The van der Waals surface area contributed by atoms with Crippen molar-refractivity contribution in [1.29, 1.82) is 0 Å². The first-order valence-corrected chi connectivity index (χ1v) is 3.77. The maximum atomic E-state index is 11.7. The van der Waals surface area contributed by atoms with Crippen LogP contribution in [-0.2, 0) is 0 Å². The minimum absolute atomic E-state index is 0.347. The molecule has 0 fully saturated rings. The molecule has 1 aromatic rings. The fraction of sp³-hybridized carbons (Fsp3) is 0.375. The summed E-state index contributed by atoms with van der Waals surface area (Å²) >= 11 is 0. The van der Waals surface area contributed by atoms with E-state index >= 15 is 0 Å². The van der Waals surface area contributed by atoms with E-state index in [0.29, 0.717) is 11.6 Å². The highest BCUT2D eigenvalue weighted by Crippen LogP contribution is 2.12. The van der Waals surface area contributed by atoms with Crippen molar-refractivity contribution in [3.63, 3.8) is 0 Å². The molecule has 0 radical (unpaired) electrons. The van der Waals surface area contributed by atoms with E-state index in [1.165, 1.54) is 6.20 Å². The van der Waals surface area contributed by atoms with Crippen LogP contribution in [0.25, 0.3) is 0 Å². The van der Waals surface area contributed by atoms with Crippen LogP contribution in [0.15, 0.2) is 18.3 Å². The fourth-order valence-electron chi connectivity index (χ4n) is 0.773. The van der Waals surface area contributed by atoms with E-state index in [0.717, 1.165) is 0 Å². The number of aromatic nitrogens is 1. The first kappa shape index (κ1) is 9.70. The van der Waals surface area contributed by atoms with Crippen molar-refractivity contribution in [2.45, 2.75) is 6.43 Å². The van der Waals surface area contributed by atoms with Gasteiger partial charge in [-0.25, -0.2) is 13.8 Å². The average molecular weight is 188 g/mol. The maximum absolute atomic E-state index is 11.7. The van der Waals surface area contributed by atoms with Crippen LogP contribution >= 0.6 is 0 Å². The predicted molar refractivity (Wildman–Crippen MR) is 45.3 cm³/mol. The van der Waals surface area contributed by atoms with Gasteiger partial charge in [-0.05, 0) is 12.1 Å². The third-order valence-electron chi connectivity index (χ3n) is 1.37. The number of ether oxygens (including phenoxy) is 1. The van der Waals surface area contributed by atoms with Gasteiger partial charge in [-0.3, -0.25) is 0 Å². The standard InChI is InChI=1S/C8H10F2N2O/c1-11-8-3-2-6(4-12-8)13-5-7(9)10/h2-4,7H,5H2,1H3,(H,11,12). The summed E-state index contributed by atoms with van der Waals surface area (Å²) in [5, 5.41) is 2.80. The lowest BCUT2D eigenvalue weighted by molar-refractivity contribution is 0.0817. The summed E-state index contributed by atoms with van der Waals surface area (Å²) in [6.45, 7) is -0.597. The van der Waals surface area contributed by atoms with E-state index in [-0.39, 0.29) is 0 Å². The molecule has 0 aromatic carbocycles. The van der Waals surface area contributed by atoms with E-state index in [2.05, 4.69) is 10.3 Å². The molecule has 72 valence electrons. The highest BCUT2D eigenvalue weighted by atomic mass is 19.3. The van der Waals surface area contributed by atoms with Crippen molar-refractivity contribution in [2.24, 2.45) is 0 Å². The Labute approximate surface area is 74.7 Å². The fourth-order valence-corrected chi connectivity index (χ4v) is 0.773. The first-order valence-electron chi connectivity index (χ1n) is 3.77. The summed E-state index contributed by atoms with van der Waals surface area (Å²) in [6, 6.07) is 3.24. The Balaban J connectivity index is 2.49. The normalized spacial score (nSPS) is 10.2. The van der Waals surface area contributed by atoms with Crippen LogP contribution < -0.4 is 10.1 Å². The van der Waals surface area contributed by atoms with Crippen LogP contribution in [0.5, 0.6) is 5.75 Å². The lowest BCUT2D eigenvalue weighted by Crippen LogP contribution is -2.07. The Morgan fingerprint density at radius 2 is 2.31 bits per heavy atom. The number of alkyl halides is 2. The van der Waals surface area contributed by atoms with Crippen molar-refractivity contribution < 1.29 is 13.5 Å². The Hall–Kier alpha value is -1.39. The summed E-state index contributed by atoms with van der Waals surface area (Å²) in [5.41, 5.74) is 0. The molecule has 0 spiro atoms. The number of nitrogens with one attached hydrogen (secondary N) is 1. The molecular weight excluding hydrogens is 178 g/mol. The molecule has 1 N–H and O–H groups in total. The lowest BCUT2D eigenvalue weighted by Gasteiger charge is -2.05. The topological polar surface area (TPSA) is 34.1 Å². The Morgan fingerprint density at radius 1 is 1.54 bits per heavy atom. The number of hydrogen-bond donors (Lipinski definition) is 1. The second-order valence-corrected chi connectivity index (χ2v) is 2.33. The Kier molecular flexibility index (Phi) is 3.42. The zero-order chi connectivity index (χ0) is 9.68. The van der Waals surface area contributed by atoms with E-state index in [9.17, 15) is 8.78 Å². The van der Waals surface area contributed by atoms with Crippen LogP contribution in [0.3, 0.4) is 0 Å². The number of nitrogens with zero attached hydrogens (tertiary/aromatic N) is 1. The Bertz CT molecular complexity index is 251. The van der Waals surface area contributed by atoms with Gasteiger partial charge in [-0.1, -0.05) is 0 Å². The minimum Gasteiger partial charge on any atom is -0.486 e. The molecule has 0 aliphatic rings. The average Bonchev–Trinajstić information content (AvgIpc) is 2.15. The molecule has 0 aliphatic heterocycles. The van der Waals surface area contributed by atoms with Gasteiger partial charge in [0.15, 0.2) is 0 Å². The monoisotopic (exact) mass is 188 g/mol. The van der Waals surface area contributed by atoms with Crippen molar-refractivity contribution in [3.05, 3.63) is 18.3 Å². The van der Waals surface area contributed by atoms with Gasteiger partial charge in [-0.2, -0.15) is 0 Å². The SMILES string of the molecule is CNc1ccc(OCC(F)F)cn1. The van der Waals surface area contributed by atoms with Crippen LogP contribution in [-0.4, -0.2) is 25.1 Å². The van der Waals surface area contributed by atoms with Crippen LogP contribution in [0.2, 0.25) is 0 Å². The molecule has 5 heteroatoms. The third-order valence-corrected chi connectivity index (χ3v) is 1.37. The number of rotatable bonds is 4. The summed E-state index contributed by atoms with van der Waals surface area (Å²) in [6.07, 6.45) is -1.06.